The highest BCUT2D eigenvalue weighted by Gasteiger charge is 2.10. The Balaban J connectivity index is 3.02. The fraction of sp³-hybridized carbons (Fsp3) is 0.500. The molecule has 14 heavy (non-hydrogen) atoms. The van der Waals surface area contributed by atoms with Gasteiger partial charge in [-0.2, -0.15) is 0 Å². The molecule has 2 heteroatoms. The fourth-order valence-electron chi connectivity index (χ4n) is 1.46. The van der Waals surface area contributed by atoms with E-state index in [0.29, 0.717) is 6.61 Å². The molecular formula is C12H19NO. The van der Waals surface area contributed by atoms with E-state index < -0.39 is 0 Å². The quantitative estimate of drug-likeness (QED) is 0.798. The van der Waals surface area contributed by atoms with E-state index in [1.807, 2.05) is 13.0 Å². The molecule has 0 unspecified atom stereocenters. The standard InChI is InChI=1S/C12H19NO/c1-4-11(13)10-8-9(3)6-7-12(10)14-5-2/h6-8,11H,4-5,13H2,1-3H3/t11-/m1/s1. The third-order valence-electron chi connectivity index (χ3n) is 2.30. The van der Waals surface area contributed by atoms with Crippen molar-refractivity contribution in [2.45, 2.75) is 33.2 Å². The number of rotatable bonds is 4. The predicted molar refractivity (Wildman–Crippen MR) is 59.6 cm³/mol. The van der Waals surface area contributed by atoms with Crippen LogP contribution in [-0.4, -0.2) is 6.61 Å². The topological polar surface area (TPSA) is 35.2 Å². The summed E-state index contributed by atoms with van der Waals surface area (Å²) >= 11 is 0. The number of hydrogen-bond donors (Lipinski definition) is 1. The second-order valence-corrected chi connectivity index (χ2v) is 3.49. The first-order valence-electron chi connectivity index (χ1n) is 5.18. The molecule has 78 valence electrons. The summed E-state index contributed by atoms with van der Waals surface area (Å²) in [6, 6.07) is 6.25. The first-order valence-corrected chi connectivity index (χ1v) is 5.18. The van der Waals surface area contributed by atoms with Crippen molar-refractivity contribution < 1.29 is 4.74 Å². The smallest absolute Gasteiger partial charge is 0.124 e. The highest BCUT2D eigenvalue weighted by atomic mass is 16.5. The van der Waals surface area contributed by atoms with Crippen LogP contribution in [0.15, 0.2) is 18.2 Å². The Labute approximate surface area is 86.1 Å². The Bertz CT molecular complexity index is 296. The van der Waals surface area contributed by atoms with Crippen LogP contribution in [0, 0.1) is 6.92 Å². The Kier molecular flexibility index (Phi) is 3.96. The van der Waals surface area contributed by atoms with Gasteiger partial charge in [-0.05, 0) is 26.3 Å². The summed E-state index contributed by atoms with van der Waals surface area (Å²) in [5, 5.41) is 0. The van der Waals surface area contributed by atoms with E-state index in [1.165, 1.54) is 5.56 Å². The van der Waals surface area contributed by atoms with Gasteiger partial charge in [-0.3, -0.25) is 0 Å². The van der Waals surface area contributed by atoms with E-state index in [-0.39, 0.29) is 6.04 Å². The van der Waals surface area contributed by atoms with Crippen molar-refractivity contribution in [3.63, 3.8) is 0 Å². The van der Waals surface area contributed by atoms with Gasteiger partial charge in [-0.25, -0.2) is 0 Å². The summed E-state index contributed by atoms with van der Waals surface area (Å²) in [6.45, 7) is 6.83. The van der Waals surface area contributed by atoms with Crippen molar-refractivity contribution in [2.24, 2.45) is 5.73 Å². The Hall–Kier alpha value is -1.02. The molecule has 0 heterocycles. The maximum atomic E-state index is 6.01. The van der Waals surface area contributed by atoms with Crippen molar-refractivity contribution >= 4 is 0 Å². The van der Waals surface area contributed by atoms with Gasteiger partial charge >= 0.3 is 0 Å². The summed E-state index contributed by atoms with van der Waals surface area (Å²) in [7, 11) is 0. The van der Waals surface area contributed by atoms with Gasteiger partial charge in [0.1, 0.15) is 5.75 Å². The molecule has 2 N–H and O–H groups in total. The minimum absolute atomic E-state index is 0.0800. The van der Waals surface area contributed by atoms with Crippen molar-refractivity contribution in [3.05, 3.63) is 29.3 Å². The second kappa shape index (κ2) is 5.01. The summed E-state index contributed by atoms with van der Waals surface area (Å²) in [6.07, 6.45) is 0.934. The monoisotopic (exact) mass is 193 g/mol. The van der Waals surface area contributed by atoms with E-state index in [1.54, 1.807) is 0 Å². The lowest BCUT2D eigenvalue weighted by molar-refractivity contribution is 0.333. The van der Waals surface area contributed by atoms with E-state index in [2.05, 4.69) is 26.0 Å². The van der Waals surface area contributed by atoms with Gasteiger partial charge in [0, 0.05) is 11.6 Å². The van der Waals surface area contributed by atoms with Gasteiger partial charge in [-0.1, -0.05) is 24.6 Å². The van der Waals surface area contributed by atoms with Crippen LogP contribution >= 0.6 is 0 Å². The van der Waals surface area contributed by atoms with Crippen LogP contribution in [0.2, 0.25) is 0 Å². The molecule has 0 saturated carbocycles. The third-order valence-corrected chi connectivity index (χ3v) is 2.30. The lowest BCUT2D eigenvalue weighted by Gasteiger charge is -2.15. The lowest BCUT2D eigenvalue weighted by atomic mass is 10.0. The summed E-state index contributed by atoms with van der Waals surface area (Å²) < 4.78 is 5.53. The lowest BCUT2D eigenvalue weighted by Crippen LogP contribution is -2.11. The van der Waals surface area contributed by atoms with Gasteiger partial charge in [0.15, 0.2) is 0 Å². The molecule has 0 aliphatic heterocycles. The van der Waals surface area contributed by atoms with E-state index in [9.17, 15) is 0 Å². The van der Waals surface area contributed by atoms with Gasteiger partial charge in [0.05, 0.1) is 6.61 Å². The van der Waals surface area contributed by atoms with Gasteiger partial charge in [0.25, 0.3) is 0 Å². The minimum Gasteiger partial charge on any atom is -0.494 e. The van der Waals surface area contributed by atoms with E-state index in [0.717, 1.165) is 17.7 Å². The number of benzene rings is 1. The zero-order valence-corrected chi connectivity index (χ0v) is 9.21. The van der Waals surface area contributed by atoms with Crippen molar-refractivity contribution in [2.75, 3.05) is 6.61 Å². The predicted octanol–water partition coefficient (Wildman–Crippen LogP) is 2.80. The highest BCUT2D eigenvalue weighted by Crippen LogP contribution is 2.26. The molecule has 0 bridgehead atoms. The normalized spacial score (nSPS) is 12.6. The van der Waals surface area contributed by atoms with Gasteiger partial charge < -0.3 is 10.5 Å². The van der Waals surface area contributed by atoms with Crippen LogP contribution in [0.5, 0.6) is 5.75 Å². The zero-order chi connectivity index (χ0) is 10.6. The molecule has 0 aliphatic rings. The first-order chi connectivity index (χ1) is 6.69. The Morgan fingerprint density at radius 2 is 2.07 bits per heavy atom. The molecular weight excluding hydrogens is 174 g/mol. The summed E-state index contributed by atoms with van der Waals surface area (Å²) in [5.74, 6) is 0.924. The summed E-state index contributed by atoms with van der Waals surface area (Å²) in [5.41, 5.74) is 8.36. The van der Waals surface area contributed by atoms with E-state index >= 15 is 0 Å². The first kappa shape index (κ1) is 11.1. The largest absolute Gasteiger partial charge is 0.494 e. The van der Waals surface area contributed by atoms with Crippen molar-refractivity contribution in [1.82, 2.24) is 0 Å². The molecule has 0 aliphatic carbocycles. The number of ether oxygens (including phenoxy) is 1. The van der Waals surface area contributed by atoms with Crippen LogP contribution in [0.3, 0.4) is 0 Å². The number of nitrogens with two attached hydrogens (primary N) is 1. The van der Waals surface area contributed by atoms with Crippen LogP contribution in [-0.2, 0) is 0 Å². The molecule has 0 spiro atoms. The van der Waals surface area contributed by atoms with Crippen molar-refractivity contribution in [1.29, 1.82) is 0 Å². The average molecular weight is 193 g/mol. The van der Waals surface area contributed by atoms with E-state index in [4.69, 9.17) is 10.5 Å². The molecule has 2 nitrogen and oxygen atoms in total. The molecule has 0 aromatic heterocycles. The number of hydrogen-bond acceptors (Lipinski definition) is 2. The molecule has 0 amide bonds. The SMILES string of the molecule is CCOc1ccc(C)cc1[C@H](N)CC. The summed E-state index contributed by atoms with van der Waals surface area (Å²) in [4.78, 5) is 0. The molecule has 0 saturated heterocycles. The third kappa shape index (κ3) is 2.48. The molecule has 1 atom stereocenters. The number of aryl methyl sites for hydroxylation is 1. The van der Waals surface area contributed by atoms with Gasteiger partial charge in [0.2, 0.25) is 0 Å². The maximum Gasteiger partial charge on any atom is 0.124 e. The minimum atomic E-state index is 0.0800. The molecule has 0 fully saturated rings. The van der Waals surface area contributed by atoms with Crippen LogP contribution in [0.25, 0.3) is 0 Å². The molecule has 0 radical (unpaired) electrons. The Morgan fingerprint density at radius 1 is 1.36 bits per heavy atom. The zero-order valence-electron chi connectivity index (χ0n) is 9.21. The average Bonchev–Trinajstić information content (AvgIpc) is 2.20. The molecule has 1 rings (SSSR count). The highest BCUT2D eigenvalue weighted by molar-refractivity contribution is 5.38. The van der Waals surface area contributed by atoms with Crippen LogP contribution in [0.1, 0.15) is 37.4 Å². The Morgan fingerprint density at radius 3 is 2.64 bits per heavy atom. The molecule has 1 aromatic carbocycles. The second-order valence-electron chi connectivity index (χ2n) is 3.49. The fourth-order valence-corrected chi connectivity index (χ4v) is 1.46. The van der Waals surface area contributed by atoms with Crippen molar-refractivity contribution in [3.8, 4) is 5.75 Å². The van der Waals surface area contributed by atoms with Crippen LogP contribution in [0.4, 0.5) is 0 Å². The van der Waals surface area contributed by atoms with Gasteiger partial charge in [-0.15, -0.1) is 0 Å². The maximum absolute atomic E-state index is 6.01. The van der Waals surface area contributed by atoms with Crippen LogP contribution < -0.4 is 10.5 Å². The molecule has 1 aromatic rings.